The molecular formula is C26H22Cl2N2O6. The number of benzene rings is 2. The summed E-state index contributed by atoms with van der Waals surface area (Å²) < 4.78 is 16.9. The third-order valence-electron chi connectivity index (χ3n) is 5.45. The molecule has 8 nitrogen and oxygen atoms in total. The summed E-state index contributed by atoms with van der Waals surface area (Å²) in [5, 5.41) is 14.0. The van der Waals surface area contributed by atoms with E-state index in [1.54, 1.807) is 42.7 Å². The van der Waals surface area contributed by atoms with Crippen LogP contribution >= 0.6 is 23.2 Å². The molecule has 4 rings (SSSR count). The van der Waals surface area contributed by atoms with Crippen LogP contribution in [0.4, 0.5) is 0 Å². The fraction of sp³-hybridized carbons (Fsp3) is 0.192. The number of carboxylic acid groups (broad SMARTS) is 1. The lowest BCUT2D eigenvalue weighted by atomic mass is 10.1. The number of carbonyl (C=O) groups excluding carboxylic acids is 1. The van der Waals surface area contributed by atoms with Gasteiger partial charge in [-0.3, -0.25) is 9.78 Å². The van der Waals surface area contributed by atoms with Gasteiger partial charge in [-0.05, 0) is 48.0 Å². The molecule has 186 valence electrons. The van der Waals surface area contributed by atoms with E-state index in [1.807, 2.05) is 6.07 Å². The van der Waals surface area contributed by atoms with Gasteiger partial charge in [-0.25, -0.2) is 4.79 Å². The first kappa shape index (κ1) is 25.3. The average Bonchev–Trinajstić information content (AvgIpc) is 3.27. The minimum absolute atomic E-state index is 0.0306. The molecule has 4 aromatic rings. The van der Waals surface area contributed by atoms with Gasteiger partial charge in [0.1, 0.15) is 17.4 Å². The summed E-state index contributed by atoms with van der Waals surface area (Å²) in [7, 11) is 1.49. The Morgan fingerprint density at radius 3 is 2.67 bits per heavy atom. The van der Waals surface area contributed by atoms with Crippen LogP contribution < -0.4 is 14.8 Å². The van der Waals surface area contributed by atoms with Crippen molar-refractivity contribution >= 4 is 46.0 Å². The predicted octanol–water partition coefficient (Wildman–Crippen LogP) is 5.19. The van der Waals surface area contributed by atoms with Crippen LogP contribution in [0.25, 0.3) is 11.0 Å². The molecule has 0 saturated heterocycles. The van der Waals surface area contributed by atoms with Gasteiger partial charge < -0.3 is 24.3 Å². The zero-order valence-corrected chi connectivity index (χ0v) is 20.7. The topological polar surface area (TPSA) is 111 Å². The fourth-order valence-corrected chi connectivity index (χ4v) is 4.11. The maximum Gasteiger partial charge on any atom is 0.326 e. The summed E-state index contributed by atoms with van der Waals surface area (Å²) in [4.78, 5) is 28.8. The number of hydrogen-bond acceptors (Lipinski definition) is 6. The quantitative estimate of drug-likeness (QED) is 0.291. The molecule has 0 spiro atoms. The van der Waals surface area contributed by atoms with Gasteiger partial charge in [0.2, 0.25) is 0 Å². The number of fused-ring (bicyclic) bond motifs is 1. The lowest BCUT2D eigenvalue weighted by molar-refractivity contribution is -0.139. The number of nitrogens with zero attached hydrogens (tertiary/aromatic N) is 1. The van der Waals surface area contributed by atoms with Crippen LogP contribution in [0.3, 0.4) is 0 Å². The highest BCUT2D eigenvalue weighted by molar-refractivity contribution is 6.35. The standard InChI is InChI=1S/C26H22Cl2N2O6/c1-34-23-5-3-16(11-24(23)35-9-7-15-2-4-18(27)12-20(15)28)25(31)30-21(26(32)33)13-19-10-17-14-29-8-6-22(17)36-19/h2-6,8,10-12,14,21H,7,9,13H2,1H3,(H,30,31)(H,32,33). The van der Waals surface area contributed by atoms with Crippen LogP contribution in [-0.2, 0) is 17.6 Å². The third kappa shape index (κ3) is 6.08. The van der Waals surface area contributed by atoms with Crippen LogP contribution in [0.5, 0.6) is 11.5 Å². The first-order chi connectivity index (χ1) is 17.3. The van der Waals surface area contributed by atoms with E-state index in [0.29, 0.717) is 39.3 Å². The van der Waals surface area contributed by atoms with Crippen molar-refractivity contribution in [2.24, 2.45) is 0 Å². The molecule has 1 unspecified atom stereocenters. The summed E-state index contributed by atoms with van der Waals surface area (Å²) in [6.07, 6.45) is 3.68. The molecule has 0 radical (unpaired) electrons. The van der Waals surface area contributed by atoms with Gasteiger partial charge in [-0.1, -0.05) is 29.3 Å². The number of hydrogen-bond donors (Lipinski definition) is 2. The van der Waals surface area contributed by atoms with Crippen LogP contribution in [-0.4, -0.2) is 41.7 Å². The van der Waals surface area contributed by atoms with Gasteiger partial charge in [-0.2, -0.15) is 0 Å². The number of carboxylic acids is 1. The van der Waals surface area contributed by atoms with Crippen molar-refractivity contribution in [3.8, 4) is 11.5 Å². The highest BCUT2D eigenvalue weighted by Crippen LogP contribution is 2.29. The zero-order chi connectivity index (χ0) is 25.7. The molecule has 2 aromatic heterocycles. The molecule has 0 fully saturated rings. The third-order valence-corrected chi connectivity index (χ3v) is 6.03. The second kappa shape index (κ2) is 11.3. The van der Waals surface area contributed by atoms with E-state index in [1.165, 1.54) is 19.2 Å². The molecule has 0 aliphatic carbocycles. The van der Waals surface area contributed by atoms with Crippen molar-refractivity contribution in [3.63, 3.8) is 0 Å². The summed E-state index contributed by atoms with van der Waals surface area (Å²) >= 11 is 12.2. The number of pyridine rings is 1. The normalized spacial score (nSPS) is 11.8. The Balaban J connectivity index is 1.44. The van der Waals surface area contributed by atoms with Crippen LogP contribution in [0.15, 0.2) is 65.3 Å². The number of halogens is 2. The molecule has 36 heavy (non-hydrogen) atoms. The molecule has 2 aromatic carbocycles. The van der Waals surface area contributed by atoms with Crippen LogP contribution in [0, 0.1) is 0 Å². The number of nitrogens with one attached hydrogen (secondary N) is 1. The van der Waals surface area contributed by atoms with Gasteiger partial charge >= 0.3 is 5.97 Å². The maximum atomic E-state index is 12.9. The van der Waals surface area contributed by atoms with E-state index in [4.69, 9.17) is 37.1 Å². The van der Waals surface area contributed by atoms with Crippen LogP contribution in [0.1, 0.15) is 21.7 Å². The molecule has 1 amide bonds. The number of aliphatic carboxylic acids is 1. The minimum atomic E-state index is -1.20. The van der Waals surface area contributed by atoms with E-state index in [-0.39, 0.29) is 18.6 Å². The second-order valence-electron chi connectivity index (χ2n) is 7.89. The molecule has 10 heteroatoms. The summed E-state index contributed by atoms with van der Waals surface area (Å²) in [6, 6.07) is 12.0. The zero-order valence-electron chi connectivity index (χ0n) is 19.2. The number of carbonyl (C=O) groups is 2. The number of amides is 1. The molecule has 0 bridgehead atoms. The molecule has 0 aliphatic heterocycles. The first-order valence-electron chi connectivity index (χ1n) is 10.9. The monoisotopic (exact) mass is 528 g/mol. The van der Waals surface area contributed by atoms with E-state index in [0.717, 1.165) is 10.9 Å². The summed E-state index contributed by atoms with van der Waals surface area (Å²) in [5.74, 6) is -0.572. The number of aromatic nitrogens is 1. The lowest BCUT2D eigenvalue weighted by Gasteiger charge is -2.15. The van der Waals surface area contributed by atoms with E-state index in [2.05, 4.69) is 10.3 Å². The van der Waals surface area contributed by atoms with Crippen LogP contribution in [0.2, 0.25) is 10.0 Å². The molecule has 0 saturated carbocycles. The Kier molecular flexibility index (Phi) is 7.97. The molecule has 2 N–H and O–H groups in total. The fourth-order valence-electron chi connectivity index (χ4n) is 3.61. The van der Waals surface area contributed by atoms with Crippen molar-refractivity contribution in [3.05, 3.63) is 87.9 Å². The van der Waals surface area contributed by atoms with Gasteiger partial charge in [-0.15, -0.1) is 0 Å². The number of ether oxygens (including phenoxy) is 2. The van der Waals surface area contributed by atoms with Crippen molar-refractivity contribution in [1.29, 1.82) is 0 Å². The number of methoxy groups -OCH3 is 1. The SMILES string of the molecule is COc1ccc(C(=O)NC(Cc2cc3cnccc3o2)C(=O)O)cc1OCCc1ccc(Cl)cc1Cl. The van der Waals surface area contributed by atoms with Crippen molar-refractivity contribution < 1.29 is 28.6 Å². The highest BCUT2D eigenvalue weighted by atomic mass is 35.5. The molecule has 2 heterocycles. The van der Waals surface area contributed by atoms with Crippen molar-refractivity contribution in [1.82, 2.24) is 10.3 Å². The minimum Gasteiger partial charge on any atom is -0.493 e. The van der Waals surface area contributed by atoms with Gasteiger partial charge in [0.15, 0.2) is 11.5 Å². The highest BCUT2D eigenvalue weighted by Gasteiger charge is 2.24. The average molecular weight is 529 g/mol. The smallest absolute Gasteiger partial charge is 0.326 e. The van der Waals surface area contributed by atoms with E-state index >= 15 is 0 Å². The maximum absolute atomic E-state index is 12.9. The summed E-state index contributed by atoms with van der Waals surface area (Å²) in [6.45, 7) is 0.265. The van der Waals surface area contributed by atoms with Gasteiger partial charge in [0.25, 0.3) is 5.91 Å². The molecular weight excluding hydrogens is 507 g/mol. The Morgan fingerprint density at radius 2 is 1.94 bits per heavy atom. The summed E-state index contributed by atoms with van der Waals surface area (Å²) in [5.41, 5.74) is 1.67. The molecule has 1 atom stereocenters. The Hall–Kier alpha value is -3.75. The van der Waals surface area contributed by atoms with Gasteiger partial charge in [0.05, 0.1) is 13.7 Å². The van der Waals surface area contributed by atoms with Crippen molar-refractivity contribution in [2.75, 3.05) is 13.7 Å². The Labute approximate surface area is 216 Å². The number of furan rings is 1. The Bertz CT molecular complexity index is 1370. The van der Waals surface area contributed by atoms with E-state index in [9.17, 15) is 14.7 Å². The van der Waals surface area contributed by atoms with Gasteiger partial charge in [0, 0.05) is 46.2 Å². The van der Waals surface area contributed by atoms with E-state index < -0.39 is 17.9 Å². The largest absolute Gasteiger partial charge is 0.493 e. The first-order valence-corrected chi connectivity index (χ1v) is 11.7. The molecule has 0 aliphatic rings. The predicted molar refractivity (Wildman–Crippen MR) is 135 cm³/mol. The second-order valence-corrected chi connectivity index (χ2v) is 8.74. The Morgan fingerprint density at radius 1 is 1.11 bits per heavy atom. The number of rotatable bonds is 10. The lowest BCUT2D eigenvalue weighted by Crippen LogP contribution is -2.42. The van der Waals surface area contributed by atoms with Crippen molar-refractivity contribution in [2.45, 2.75) is 18.9 Å².